The highest BCUT2D eigenvalue weighted by Crippen LogP contribution is 2.25. The Balaban J connectivity index is 1.96. The van der Waals surface area contributed by atoms with Crippen LogP contribution in [0.3, 0.4) is 0 Å². The van der Waals surface area contributed by atoms with Crippen molar-refractivity contribution in [2.24, 2.45) is 0 Å². The molecule has 1 heterocycles. The molecule has 0 radical (unpaired) electrons. The van der Waals surface area contributed by atoms with E-state index in [4.69, 9.17) is 16.7 Å². The Morgan fingerprint density at radius 3 is 3.25 bits per heavy atom. The second-order valence-corrected chi connectivity index (χ2v) is 4.60. The number of aliphatic hydroxyl groups excluding tert-OH is 1. The minimum Gasteiger partial charge on any atom is -0.396 e. The molecule has 0 bridgehead atoms. The van der Waals surface area contributed by atoms with Crippen LogP contribution in [0.2, 0.25) is 5.02 Å². The van der Waals surface area contributed by atoms with Crippen molar-refractivity contribution in [2.45, 2.75) is 31.7 Å². The van der Waals surface area contributed by atoms with Gasteiger partial charge in [-0.15, -0.1) is 0 Å². The molecule has 1 aromatic heterocycles. The van der Waals surface area contributed by atoms with E-state index in [1.54, 1.807) is 6.20 Å². The summed E-state index contributed by atoms with van der Waals surface area (Å²) >= 11 is 6.12. The number of halogens is 1. The monoisotopic (exact) mass is 240 g/mol. The van der Waals surface area contributed by atoms with Crippen LogP contribution in [0, 0.1) is 0 Å². The number of aromatic nitrogens is 1. The zero-order valence-corrected chi connectivity index (χ0v) is 10.0. The summed E-state index contributed by atoms with van der Waals surface area (Å²) in [4.78, 5) is 4.38. The lowest BCUT2D eigenvalue weighted by Gasteiger charge is -2.25. The summed E-state index contributed by atoms with van der Waals surface area (Å²) in [6.45, 7) is 1.12. The van der Waals surface area contributed by atoms with Gasteiger partial charge in [0.1, 0.15) is 0 Å². The van der Waals surface area contributed by atoms with Crippen molar-refractivity contribution in [1.29, 1.82) is 0 Å². The molecule has 0 saturated carbocycles. The molecule has 1 aliphatic carbocycles. The third-order valence-electron chi connectivity index (χ3n) is 3.04. The van der Waals surface area contributed by atoms with E-state index in [-0.39, 0.29) is 6.61 Å². The lowest BCUT2D eigenvalue weighted by molar-refractivity contribution is 0.281. The average Bonchev–Trinajstić information content (AvgIpc) is 2.30. The molecule has 0 saturated heterocycles. The molecule has 1 aliphatic rings. The fraction of sp³-hybridized carbons (Fsp3) is 0.583. The van der Waals surface area contributed by atoms with Gasteiger partial charge in [-0.25, -0.2) is 0 Å². The van der Waals surface area contributed by atoms with Crippen LogP contribution in [0.1, 0.15) is 24.1 Å². The van der Waals surface area contributed by atoms with E-state index in [9.17, 15) is 0 Å². The van der Waals surface area contributed by atoms with Crippen LogP contribution in [0.4, 0.5) is 0 Å². The van der Waals surface area contributed by atoms with Crippen molar-refractivity contribution < 1.29 is 5.11 Å². The second kappa shape index (κ2) is 5.62. The summed E-state index contributed by atoms with van der Waals surface area (Å²) in [5.41, 5.74) is 2.34. The number of nitrogens with one attached hydrogen (secondary N) is 1. The van der Waals surface area contributed by atoms with Crippen molar-refractivity contribution in [3.05, 3.63) is 28.5 Å². The Bertz CT molecular complexity index is 357. The van der Waals surface area contributed by atoms with E-state index in [1.807, 2.05) is 6.07 Å². The number of pyridine rings is 1. The first-order valence-corrected chi connectivity index (χ1v) is 6.15. The fourth-order valence-corrected chi connectivity index (χ4v) is 2.42. The lowest BCUT2D eigenvalue weighted by atomic mass is 9.92. The third kappa shape index (κ3) is 2.73. The topological polar surface area (TPSA) is 45.1 Å². The number of hydrogen-bond donors (Lipinski definition) is 2. The molecule has 88 valence electrons. The zero-order valence-electron chi connectivity index (χ0n) is 9.25. The molecule has 0 aliphatic heterocycles. The van der Waals surface area contributed by atoms with Gasteiger partial charge in [-0.2, -0.15) is 0 Å². The first-order valence-electron chi connectivity index (χ1n) is 5.77. The molecule has 0 fully saturated rings. The number of hydrogen-bond acceptors (Lipinski definition) is 3. The van der Waals surface area contributed by atoms with Gasteiger partial charge in [-0.05, 0) is 37.4 Å². The van der Waals surface area contributed by atoms with Crippen LogP contribution in [0.5, 0.6) is 0 Å². The van der Waals surface area contributed by atoms with Crippen molar-refractivity contribution in [1.82, 2.24) is 10.3 Å². The number of nitrogens with zero attached hydrogens (tertiary/aromatic N) is 1. The van der Waals surface area contributed by atoms with Crippen molar-refractivity contribution in [3.63, 3.8) is 0 Å². The van der Waals surface area contributed by atoms with Crippen molar-refractivity contribution in [3.8, 4) is 0 Å². The normalized spacial score (nSPS) is 19.5. The van der Waals surface area contributed by atoms with Gasteiger partial charge >= 0.3 is 0 Å². The van der Waals surface area contributed by atoms with Gasteiger partial charge in [0, 0.05) is 36.0 Å². The predicted octanol–water partition coefficient (Wildman–Crippen LogP) is 1.56. The molecular formula is C12H17ClN2O. The number of aliphatic hydroxyl groups is 1. The lowest BCUT2D eigenvalue weighted by Crippen LogP contribution is -2.35. The van der Waals surface area contributed by atoms with E-state index in [1.165, 1.54) is 5.56 Å². The maximum absolute atomic E-state index is 8.72. The molecule has 2 N–H and O–H groups in total. The Morgan fingerprint density at radius 2 is 2.44 bits per heavy atom. The molecule has 2 rings (SSSR count). The smallest absolute Gasteiger partial charge is 0.0471 e. The van der Waals surface area contributed by atoms with Crippen LogP contribution < -0.4 is 5.32 Å². The maximum atomic E-state index is 8.72. The molecule has 3 nitrogen and oxygen atoms in total. The Morgan fingerprint density at radius 1 is 1.56 bits per heavy atom. The van der Waals surface area contributed by atoms with E-state index in [0.29, 0.717) is 6.04 Å². The first-order chi connectivity index (χ1) is 7.81. The molecule has 1 atom stereocenters. The molecule has 4 heteroatoms. The van der Waals surface area contributed by atoms with Gasteiger partial charge in [0.15, 0.2) is 0 Å². The Kier molecular flexibility index (Phi) is 4.16. The van der Waals surface area contributed by atoms with Crippen molar-refractivity contribution in [2.75, 3.05) is 13.2 Å². The number of rotatable bonds is 4. The minimum absolute atomic E-state index is 0.250. The van der Waals surface area contributed by atoms with Gasteiger partial charge in [-0.3, -0.25) is 4.98 Å². The summed E-state index contributed by atoms with van der Waals surface area (Å²) in [6.07, 6.45) is 5.63. The standard InChI is InChI=1S/C12H17ClN2O/c13-11-4-6-15-12-8-9(2-3-10(11)12)14-5-1-7-16/h4,6,9,14,16H,1-3,5,7-8H2. The van der Waals surface area contributed by atoms with E-state index < -0.39 is 0 Å². The first kappa shape index (κ1) is 11.8. The highest BCUT2D eigenvalue weighted by molar-refractivity contribution is 6.31. The predicted molar refractivity (Wildman–Crippen MR) is 64.8 cm³/mol. The van der Waals surface area contributed by atoms with Crippen LogP contribution in [-0.2, 0) is 12.8 Å². The van der Waals surface area contributed by atoms with Gasteiger partial charge in [0.2, 0.25) is 0 Å². The fourth-order valence-electron chi connectivity index (χ4n) is 2.16. The van der Waals surface area contributed by atoms with Crippen LogP contribution in [-0.4, -0.2) is 29.3 Å². The molecule has 1 unspecified atom stereocenters. The van der Waals surface area contributed by atoms with E-state index >= 15 is 0 Å². The zero-order chi connectivity index (χ0) is 11.4. The SMILES string of the molecule is OCCCNC1CCc2c(Cl)ccnc2C1. The summed E-state index contributed by atoms with van der Waals surface area (Å²) in [6, 6.07) is 2.34. The van der Waals surface area contributed by atoms with E-state index in [2.05, 4.69) is 10.3 Å². The molecule has 1 aromatic rings. The van der Waals surface area contributed by atoms with Gasteiger partial charge in [-0.1, -0.05) is 11.6 Å². The average molecular weight is 241 g/mol. The van der Waals surface area contributed by atoms with Crippen LogP contribution >= 0.6 is 11.6 Å². The van der Waals surface area contributed by atoms with Crippen molar-refractivity contribution >= 4 is 11.6 Å². The largest absolute Gasteiger partial charge is 0.396 e. The quantitative estimate of drug-likeness (QED) is 0.786. The Hall–Kier alpha value is -0.640. The van der Waals surface area contributed by atoms with Gasteiger partial charge in [0.05, 0.1) is 0 Å². The summed E-state index contributed by atoms with van der Waals surface area (Å²) in [5, 5.41) is 13.0. The molecule has 0 aromatic carbocycles. The number of fused-ring (bicyclic) bond motifs is 1. The summed E-state index contributed by atoms with van der Waals surface area (Å²) < 4.78 is 0. The summed E-state index contributed by atoms with van der Waals surface area (Å²) in [7, 11) is 0. The molecule has 0 amide bonds. The summed E-state index contributed by atoms with van der Waals surface area (Å²) in [5.74, 6) is 0. The third-order valence-corrected chi connectivity index (χ3v) is 3.39. The van der Waals surface area contributed by atoms with Gasteiger partial charge in [0.25, 0.3) is 0 Å². The molecule has 16 heavy (non-hydrogen) atoms. The van der Waals surface area contributed by atoms with Gasteiger partial charge < -0.3 is 10.4 Å². The maximum Gasteiger partial charge on any atom is 0.0471 e. The van der Waals surface area contributed by atoms with Crippen LogP contribution in [0.25, 0.3) is 0 Å². The Labute approximate surface area is 101 Å². The highest BCUT2D eigenvalue weighted by atomic mass is 35.5. The minimum atomic E-state index is 0.250. The molecule has 0 spiro atoms. The highest BCUT2D eigenvalue weighted by Gasteiger charge is 2.20. The second-order valence-electron chi connectivity index (χ2n) is 4.19. The molecular weight excluding hydrogens is 224 g/mol. The van der Waals surface area contributed by atoms with Crippen LogP contribution in [0.15, 0.2) is 12.3 Å². The van der Waals surface area contributed by atoms with E-state index in [0.717, 1.165) is 42.9 Å².